The third-order valence-electron chi connectivity index (χ3n) is 4.02. The molecule has 2 aliphatic rings. The highest BCUT2D eigenvalue weighted by atomic mass is 16.4. The number of carboxylic acid groups (broad SMARTS) is 1. The molecular formula is C13H12N2O4. The number of imide groups is 1. The van der Waals surface area contributed by atoms with Gasteiger partial charge in [0.15, 0.2) is 0 Å². The maximum absolute atomic E-state index is 12.2. The van der Waals surface area contributed by atoms with Crippen LogP contribution in [0, 0.1) is 17.3 Å². The molecule has 19 heavy (non-hydrogen) atoms. The van der Waals surface area contributed by atoms with E-state index in [0.29, 0.717) is 0 Å². The molecule has 0 radical (unpaired) electrons. The zero-order valence-electron chi connectivity index (χ0n) is 10.5. The Morgan fingerprint density at radius 2 is 1.89 bits per heavy atom. The molecule has 0 aromatic carbocycles. The zero-order valence-corrected chi connectivity index (χ0v) is 10.5. The number of pyridine rings is 1. The van der Waals surface area contributed by atoms with E-state index >= 15 is 0 Å². The van der Waals surface area contributed by atoms with Crippen molar-refractivity contribution in [2.45, 2.75) is 13.8 Å². The maximum Gasteiger partial charge on any atom is 0.354 e. The van der Waals surface area contributed by atoms with Crippen molar-refractivity contribution >= 4 is 23.5 Å². The highest BCUT2D eigenvalue weighted by molar-refractivity contribution is 6.25. The molecule has 98 valence electrons. The summed E-state index contributed by atoms with van der Waals surface area (Å²) in [7, 11) is 0. The first-order valence-corrected chi connectivity index (χ1v) is 5.93. The van der Waals surface area contributed by atoms with Gasteiger partial charge in [-0.2, -0.15) is 0 Å². The van der Waals surface area contributed by atoms with E-state index < -0.39 is 5.97 Å². The van der Waals surface area contributed by atoms with Crippen molar-refractivity contribution in [1.82, 2.24) is 4.98 Å². The fourth-order valence-corrected chi connectivity index (χ4v) is 2.88. The number of hydrogen-bond donors (Lipinski definition) is 1. The second-order valence-electron chi connectivity index (χ2n) is 5.49. The summed E-state index contributed by atoms with van der Waals surface area (Å²) in [5, 5.41) is 8.88. The van der Waals surface area contributed by atoms with E-state index in [1.165, 1.54) is 18.3 Å². The summed E-state index contributed by atoms with van der Waals surface area (Å²) in [6.45, 7) is 3.79. The maximum atomic E-state index is 12.2. The van der Waals surface area contributed by atoms with Gasteiger partial charge in [0.1, 0.15) is 5.69 Å². The molecule has 0 spiro atoms. The van der Waals surface area contributed by atoms with Crippen molar-refractivity contribution in [3.05, 3.63) is 24.0 Å². The van der Waals surface area contributed by atoms with E-state index in [4.69, 9.17) is 5.11 Å². The number of amides is 2. The van der Waals surface area contributed by atoms with Gasteiger partial charge in [0.25, 0.3) is 0 Å². The summed E-state index contributed by atoms with van der Waals surface area (Å²) >= 11 is 0. The van der Waals surface area contributed by atoms with Crippen LogP contribution in [-0.2, 0) is 9.59 Å². The Kier molecular flexibility index (Phi) is 2.12. The van der Waals surface area contributed by atoms with Crippen LogP contribution in [0.5, 0.6) is 0 Å². The number of carbonyl (C=O) groups is 3. The molecule has 1 aliphatic heterocycles. The van der Waals surface area contributed by atoms with Crippen molar-refractivity contribution in [3.63, 3.8) is 0 Å². The molecule has 1 saturated carbocycles. The van der Waals surface area contributed by atoms with Gasteiger partial charge in [-0.1, -0.05) is 13.8 Å². The van der Waals surface area contributed by atoms with E-state index in [9.17, 15) is 14.4 Å². The lowest BCUT2D eigenvalue weighted by Crippen LogP contribution is -2.36. The predicted molar refractivity (Wildman–Crippen MR) is 64.5 cm³/mol. The average Bonchev–Trinajstić information content (AvgIpc) is 2.79. The van der Waals surface area contributed by atoms with Crippen molar-refractivity contribution in [2.75, 3.05) is 4.90 Å². The molecule has 3 rings (SSSR count). The van der Waals surface area contributed by atoms with Gasteiger partial charge in [-0.3, -0.25) is 9.59 Å². The number of hydrogen-bond acceptors (Lipinski definition) is 4. The van der Waals surface area contributed by atoms with Crippen LogP contribution in [0.2, 0.25) is 0 Å². The summed E-state index contributed by atoms with van der Waals surface area (Å²) in [5.41, 5.74) is -0.170. The summed E-state index contributed by atoms with van der Waals surface area (Å²) in [4.78, 5) is 40.0. The highest BCUT2D eigenvalue weighted by Crippen LogP contribution is 2.63. The van der Waals surface area contributed by atoms with Crippen LogP contribution in [-0.4, -0.2) is 27.9 Å². The van der Waals surface area contributed by atoms with E-state index in [-0.39, 0.29) is 40.4 Å². The van der Waals surface area contributed by atoms with Gasteiger partial charge in [-0.25, -0.2) is 14.7 Å². The molecular weight excluding hydrogens is 248 g/mol. The summed E-state index contributed by atoms with van der Waals surface area (Å²) in [6.07, 6.45) is 1.29. The van der Waals surface area contributed by atoms with Crippen molar-refractivity contribution in [2.24, 2.45) is 17.3 Å². The Hall–Kier alpha value is -2.24. The number of aromatic nitrogens is 1. The van der Waals surface area contributed by atoms with Gasteiger partial charge >= 0.3 is 5.97 Å². The summed E-state index contributed by atoms with van der Waals surface area (Å²) in [5.74, 6) is -2.24. The van der Waals surface area contributed by atoms with Crippen molar-refractivity contribution < 1.29 is 19.5 Å². The number of piperidine rings is 1. The highest BCUT2D eigenvalue weighted by Gasteiger charge is 2.72. The minimum absolute atomic E-state index is 0.182. The molecule has 2 amide bonds. The van der Waals surface area contributed by atoms with E-state index in [1.807, 2.05) is 13.8 Å². The fourth-order valence-electron chi connectivity index (χ4n) is 2.88. The molecule has 0 bridgehead atoms. The van der Waals surface area contributed by atoms with Crippen LogP contribution in [0.25, 0.3) is 0 Å². The Bertz CT molecular complexity index is 599. The number of aromatic carboxylic acids is 1. The molecule has 2 heterocycles. The number of nitrogens with zero attached hydrogens (tertiary/aromatic N) is 2. The second kappa shape index (κ2) is 3.40. The molecule has 1 saturated heterocycles. The first kappa shape index (κ1) is 11.8. The predicted octanol–water partition coefficient (Wildman–Crippen LogP) is 0.925. The molecule has 1 N–H and O–H groups in total. The van der Waals surface area contributed by atoms with Gasteiger partial charge in [0.2, 0.25) is 11.8 Å². The SMILES string of the molecule is CC1(C)C2C(=O)N(c3ccnc(C(=O)O)c3)C(=O)C21. The Morgan fingerprint density at radius 1 is 1.32 bits per heavy atom. The standard InChI is InChI=1S/C13H12N2O4/c1-13(2)8-9(13)11(17)15(10(8)16)6-3-4-14-7(5-6)12(18)19/h3-5,8-9H,1-2H3,(H,18,19). The molecule has 1 aliphatic carbocycles. The van der Waals surface area contributed by atoms with Crippen molar-refractivity contribution in [3.8, 4) is 0 Å². The normalized spacial score (nSPS) is 27.4. The van der Waals surface area contributed by atoms with Gasteiger partial charge in [-0.15, -0.1) is 0 Å². The summed E-state index contributed by atoms with van der Waals surface area (Å²) < 4.78 is 0. The lowest BCUT2D eigenvalue weighted by Gasteiger charge is -2.20. The molecule has 6 heteroatoms. The van der Waals surface area contributed by atoms with Gasteiger partial charge in [0.05, 0.1) is 17.5 Å². The monoisotopic (exact) mass is 260 g/mol. The van der Waals surface area contributed by atoms with Gasteiger partial charge < -0.3 is 5.11 Å². The van der Waals surface area contributed by atoms with Gasteiger partial charge in [0, 0.05) is 6.20 Å². The molecule has 2 fully saturated rings. The Balaban J connectivity index is 1.97. The number of fused-ring (bicyclic) bond motifs is 1. The number of carbonyl (C=O) groups excluding carboxylic acids is 2. The molecule has 1 aromatic rings. The van der Waals surface area contributed by atoms with Crippen LogP contribution < -0.4 is 4.90 Å². The minimum atomic E-state index is -1.19. The molecule has 2 unspecified atom stereocenters. The van der Waals surface area contributed by atoms with E-state index in [2.05, 4.69) is 4.98 Å². The average molecular weight is 260 g/mol. The lowest BCUT2D eigenvalue weighted by atomic mass is 10.1. The van der Waals surface area contributed by atoms with Crippen molar-refractivity contribution in [1.29, 1.82) is 0 Å². The van der Waals surface area contributed by atoms with Crippen LogP contribution >= 0.6 is 0 Å². The number of anilines is 1. The first-order chi connectivity index (χ1) is 8.85. The third-order valence-corrected chi connectivity index (χ3v) is 4.02. The molecule has 1 aromatic heterocycles. The van der Waals surface area contributed by atoms with Crippen LogP contribution in [0.4, 0.5) is 5.69 Å². The Morgan fingerprint density at radius 3 is 2.42 bits per heavy atom. The van der Waals surface area contributed by atoms with E-state index in [0.717, 1.165) is 4.90 Å². The quantitative estimate of drug-likeness (QED) is 0.799. The largest absolute Gasteiger partial charge is 0.477 e. The Labute approximate surface area is 109 Å². The minimum Gasteiger partial charge on any atom is -0.477 e. The van der Waals surface area contributed by atoms with Gasteiger partial charge in [-0.05, 0) is 17.5 Å². The van der Waals surface area contributed by atoms with Crippen LogP contribution in [0.1, 0.15) is 24.3 Å². The molecule has 2 atom stereocenters. The second-order valence-corrected chi connectivity index (χ2v) is 5.49. The summed E-state index contributed by atoms with van der Waals surface area (Å²) in [6, 6.07) is 2.72. The number of carboxylic acids is 1. The van der Waals surface area contributed by atoms with E-state index in [1.54, 1.807) is 0 Å². The topological polar surface area (TPSA) is 87.6 Å². The molecule has 6 nitrogen and oxygen atoms in total. The van der Waals surface area contributed by atoms with Crippen LogP contribution in [0.15, 0.2) is 18.3 Å². The number of rotatable bonds is 2. The fraction of sp³-hybridized carbons (Fsp3) is 0.385. The lowest BCUT2D eigenvalue weighted by molar-refractivity contribution is -0.125. The third kappa shape index (κ3) is 1.43. The van der Waals surface area contributed by atoms with Crippen LogP contribution in [0.3, 0.4) is 0 Å². The first-order valence-electron chi connectivity index (χ1n) is 5.93. The zero-order chi connectivity index (χ0) is 13.9. The smallest absolute Gasteiger partial charge is 0.354 e.